The van der Waals surface area contributed by atoms with Gasteiger partial charge in [-0.05, 0) is 30.7 Å². The Hall–Kier alpha value is -3.13. The number of anilines is 2. The molecule has 138 valence electrons. The first-order valence-electron chi connectivity index (χ1n) is 8.50. The highest BCUT2D eigenvalue weighted by atomic mass is 35.5. The van der Waals surface area contributed by atoms with Crippen LogP contribution in [0, 0.1) is 5.41 Å². The summed E-state index contributed by atoms with van der Waals surface area (Å²) in [6.07, 6.45) is 2.52. The van der Waals surface area contributed by atoms with Gasteiger partial charge in [0.2, 0.25) is 11.7 Å². The van der Waals surface area contributed by atoms with Crippen LogP contribution in [0.2, 0.25) is 5.02 Å². The molecule has 0 aliphatic carbocycles. The highest BCUT2D eigenvalue weighted by molar-refractivity contribution is 6.33. The molecule has 0 spiro atoms. The maximum Gasteiger partial charge on any atom is 0.231 e. The number of aromatic nitrogens is 3. The zero-order valence-corrected chi connectivity index (χ0v) is 15.1. The number of nitrogens with zero attached hydrogens (tertiary/aromatic N) is 4. The number of pyridine rings is 1. The van der Waals surface area contributed by atoms with Gasteiger partial charge in [0.15, 0.2) is 5.96 Å². The molecule has 1 saturated heterocycles. The molecular weight excluding hydrogens is 366 g/mol. The molecule has 2 aromatic heterocycles. The number of benzene rings is 1. The molecule has 1 atom stereocenters. The van der Waals surface area contributed by atoms with Gasteiger partial charge in [-0.25, -0.2) is 4.98 Å². The lowest BCUT2D eigenvalue weighted by atomic mass is 10.1. The molecule has 4 N–H and O–H groups in total. The van der Waals surface area contributed by atoms with Gasteiger partial charge in [0.1, 0.15) is 5.82 Å². The third-order valence-corrected chi connectivity index (χ3v) is 4.81. The van der Waals surface area contributed by atoms with Gasteiger partial charge >= 0.3 is 0 Å². The van der Waals surface area contributed by atoms with Gasteiger partial charge in [-0.2, -0.15) is 4.98 Å². The molecular formula is C18H18ClN7O. The fourth-order valence-electron chi connectivity index (χ4n) is 3.00. The van der Waals surface area contributed by atoms with Crippen LogP contribution in [-0.4, -0.2) is 39.1 Å². The van der Waals surface area contributed by atoms with Crippen molar-refractivity contribution in [2.75, 3.05) is 18.4 Å². The third-order valence-electron chi connectivity index (χ3n) is 4.48. The molecule has 9 heteroatoms. The van der Waals surface area contributed by atoms with Crippen molar-refractivity contribution in [3.05, 3.63) is 53.5 Å². The van der Waals surface area contributed by atoms with E-state index in [1.54, 1.807) is 11.1 Å². The minimum Gasteiger partial charge on any atom is -0.370 e. The second-order valence-electron chi connectivity index (χ2n) is 6.31. The number of halogens is 1. The van der Waals surface area contributed by atoms with Crippen molar-refractivity contribution in [2.24, 2.45) is 5.73 Å². The maximum atomic E-state index is 7.51. The second-order valence-corrected chi connectivity index (χ2v) is 6.72. The van der Waals surface area contributed by atoms with E-state index in [4.69, 9.17) is 27.3 Å². The van der Waals surface area contributed by atoms with Gasteiger partial charge in [0.25, 0.3) is 0 Å². The topological polar surface area (TPSA) is 117 Å². The van der Waals surface area contributed by atoms with Crippen LogP contribution >= 0.6 is 11.6 Å². The Morgan fingerprint density at radius 3 is 2.85 bits per heavy atom. The van der Waals surface area contributed by atoms with E-state index in [2.05, 4.69) is 20.4 Å². The Morgan fingerprint density at radius 1 is 1.30 bits per heavy atom. The summed E-state index contributed by atoms with van der Waals surface area (Å²) < 4.78 is 5.41. The van der Waals surface area contributed by atoms with Gasteiger partial charge < -0.3 is 20.5 Å². The van der Waals surface area contributed by atoms with Crippen LogP contribution < -0.4 is 11.1 Å². The van der Waals surface area contributed by atoms with E-state index in [-0.39, 0.29) is 11.9 Å². The number of rotatable bonds is 4. The lowest BCUT2D eigenvalue weighted by Crippen LogP contribution is -2.34. The molecule has 0 unspecified atom stereocenters. The number of guanidine groups is 1. The zero-order valence-electron chi connectivity index (χ0n) is 14.4. The van der Waals surface area contributed by atoms with E-state index in [9.17, 15) is 0 Å². The van der Waals surface area contributed by atoms with Crippen LogP contribution in [0.3, 0.4) is 0 Å². The van der Waals surface area contributed by atoms with Crippen molar-refractivity contribution in [1.29, 1.82) is 5.41 Å². The normalized spacial score (nSPS) is 16.5. The molecule has 0 amide bonds. The smallest absolute Gasteiger partial charge is 0.231 e. The predicted octanol–water partition coefficient (Wildman–Crippen LogP) is 3.21. The minimum absolute atomic E-state index is 0.0723. The number of para-hydroxylation sites is 1. The van der Waals surface area contributed by atoms with Crippen LogP contribution in [0.4, 0.5) is 11.5 Å². The summed E-state index contributed by atoms with van der Waals surface area (Å²) >= 11 is 6.15. The van der Waals surface area contributed by atoms with Gasteiger partial charge in [0, 0.05) is 24.8 Å². The van der Waals surface area contributed by atoms with Crippen molar-refractivity contribution in [1.82, 2.24) is 20.0 Å². The maximum absolute atomic E-state index is 7.51. The van der Waals surface area contributed by atoms with Crippen LogP contribution in [0.25, 0.3) is 11.4 Å². The van der Waals surface area contributed by atoms with Crippen molar-refractivity contribution in [3.8, 4) is 11.4 Å². The highest BCUT2D eigenvalue weighted by Crippen LogP contribution is 2.28. The molecule has 3 aromatic rings. The van der Waals surface area contributed by atoms with E-state index < -0.39 is 0 Å². The number of hydrogen-bond acceptors (Lipinski definition) is 6. The number of nitrogens with one attached hydrogen (secondary N) is 2. The van der Waals surface area contributed by atoms with E-state index >= 15 is 0 Å². The summed E-state index contributed by atoms with van der Waals surface area (Å²) in [5.41, 5.74) is 7.08. The molecule has 4 rings (SSSR count). The molecule has 1 aromatic carbocycles. The van der Waals surface area contributed by atoms with Crippen molar-refractivity contribution < 1.29 is 4.52 Å². The number of likely N-dealkylation sites (tertiary alicyclic amines) is 1. The second kappa shape index (κ2) is 7.24. The van der Waals surface area contributed by atoms with Gasteiger partial charge in [0.05, 0.1) is 16.6 Å². The van der Waals surface area contributed by atoms with Crippen molar-refractivity contribution in [3.63, 3.8) is 0 Å². The first-order valence-corrected chi connectivity index (χ1v) is 8.88. The van der Waals surface area contributed by atoms with E-state index in [0.29, 0.717) is 29.1 Å². The van der Waals surface area contributed by atoms with Crippen LogP contribution in [0.5, 0.6) is 0 Å². The van der Waals surface area contributed by atoms with E-state index in [0.717, 1.165) is 24.2 Å². The summed E-state index contributed by atoms with van der Waals surface area (Å²) in [4.78, 5) is 10.7. The summed E-state index contributed by atoms with van der Waals surface area (Å²) in [6, 6.07) is 11.2. The zero-order chi connectivity index (χ0) is 18.8. The average molecular weight is 384 g/mol. The first kappa shape index (κ1) is 17.3. The molecule has 8 nitrogen and oxygen atoms in total. The summed E-state index contributed by atoms with van der Waals surface area (Å²) in [5, 5.41) is 15.4. The molecule has 0 radical (unpaired) electrons. The van der Waals surface area contributed by atoms with Crippen molar-refractivity contribution >= 4 is 29.1 Å². The Bertz CT molecular complexity index is 956. The van der Waals surface area contributed by atoms with E-state index in [1.165, 1.54) is 0 Å². The average Bonchev–Trinajstić information content (AvgIpc) is 3.34. The van der Waals surface area contributed by atoms with Crippen LogP contribution in [0.15, 0.2) is 47.1 Å². The Kier molecular flexibility index (Phi) is 4.64. The highest BCUT2D eigenvalue weighted by Gasteiger charge is 2.29. The van der Waals surface area contributed by atoms with Gasteiger partial charge in [-0.3, -0.25) is 5.41 Å². The standard InChI is InChI=1S/C18H18ClN7O/c19-13-3-1-2-4-14(13)23-15-6-5-11(9-22-15)16-24-17(27-25-16)12-7-8-26(10-12)18(20)21/h1-6,9,12H,7-8,10H2,(H3,20,21)(H,22,23)/t12-/m1/s1. The predicted molar refractivity (Wildman–Crippen MR) is 103 cm³/mol. The Labute approximate surface area is 160 Å². The monoisotopic (exact) mass is 383 g/mol. The van der Waals surface area contributed by atoms with Crippen LogP contribution in [-0.2, 0) is 0 Å². The lowest BCUT2D eigenvalue weighted by Gasteiger charge is -2.14. The molecule has 0 bridgehead atoms. The SMILES string of the molecule is N=C(N)N1CC[C@@H](c2nc(-c3ccc(Nc4ccccc4Cl)nc3)no2)C1. The first-order chi connectivity index (χ1) is 13.1. The third kappa shape index (κ3) is 3.70. The molecule has 1 fully saturated rings. The molecule has 1 aliphatic heterocycles. The van der Waals surface area contributed by atoms with E-state index in [1.807, 2.05) is 36.4 Å². The summed E-state index contributed by atoms with van der Waals surface area (Å²) in [6.45, 7) is 1.34. The Morgan fingerprint density at radius 2 is 2.15 bits per heavy atom. The molecule has 1 aliphatic rings. The summed E-state index contributed by atoms with van der Waals surface area (Å²) in [7, 11) is 0. The molecule has 27 heavy (non-hydrogen) atoms. The fourth-order valence-corrected chi connectivity index (χ4v) is 3.18. The van der Waals surface area contributed by atoms with Gasteiger partial charge in [-0.1, -0.05) is 28.9 Å². The Balaban J connectivity index is 1.46. The quantitative estimate of drug-likeness (QED) is 0.467. The molecule has 0 saturated carbocycles. The molecule has 3 heterocycles. The number of hydrogen-bond donors (Lipinski definition) is 3. The fraction of sp³-hybridized carbons (Fsp3) is 0.222. The summed E-state index contributed by atoms with van der Waals surface area (Å²) in [5.74, 6) is 1.88. The lowest BCUT2D eigenvalue weighted by molar-refractivity contribution is 0.354. The van der Waals surface area contributed by atoms with Crippen molar-refractivity contribution in [2.45, 2.75) is 12.3 Å². The minimum atomic E-state index is 0.0723. The van der Waals surface area contributed by atoms with Crippen LogP contribution in [0.1, 0.15) is 18.2 Å². The largest absolute Gasteiger partial charge is 0.370 e. The van der Waals surface area contributed by atoms with Gasteiger partial charge in [-0.15, -0.1) is 0 Å². The number of nitrogens with two attached hydrogens (primary N) is 1.